The van der Waals surface area contributed by atoms with Gasteiger partial charge in [-0.25, -0.2) is 9.71 Å². The number of carbonyl (C=O) groups excluding carboxylic acids is 4. The highest BCUT2D eigenvalue weighted by Gasteiger charge is 2.61. The zero-order chi connectivity index (χ0) is 41.4. The second-order valence-corrected chi connectivity index (χ2v) is 18.6. The van der Waals surface area contributed by atoms with Crippen molar-refractivity contribution < 1.29 is 37.1 Å². The first kappa shape index (κ1) is 41.2. The second-order valence-electron chi connectivity index (χ2n) is 17.1. The Labute approximate surface area is 340 Å². The van der Waals surface area contributed by atoms with E-state index in [2.05, 4.69) is 21.3 Å². The molecule has 1 aromatic heterocycles. The Kier molecular flexibility index (Phi) is 11.6. The number of carbonyl (C=O) groups is 4. The highest BCUT2D eigenvalue weighted by molar-refractivity contribution is 7.88. The lowest BCUT2D eigenvalue weighted by Crippen LogP contribution is -2.58. The first-order valence-electron chi connectivity index (χ1n) is 20.2. The summed E-state index contributed by atoms with van der Waals surface area (Å²) in [5.74, 6) is -2.18. The lowest BCUT2D eigenvalue weighted by Gasteiger charge is -2.36. The highest BCUT2D eigenvalue weighted by Crippen LogP contribution is 2.45. The first-order chi connectivity index (χ1) is 27.6. The Hall–Kier alpha value is -5.02. The molecule has 0 bridgehead atoms. The van der Waals surface area contributed by atoms with Gasteiger partial charge in [0.05, 0.1) is 30.8 Å². The summed E-state index contributed by atoms with van der Waals surface area (Å²) < 4.78 is 42.4. The van der Waals surface area contributed by atoms with Gasteiger partial charge in [-0.1, -0.05) is 57.2 Å². The van der Waals surface area contributed by atoms with E-state index in [4.69, 9.17) is 14.5 Å². The molecule has 2 saturated carbocycles. The van der Waals surface area contributed by atoms with Crippen molar-refractivity contribution in [2.24, 2.45) is 17.3 Å². The molecule has 4 aliphatic rings. The summed E-state index contributed by atoms with van der Waals surface area (Å²) in [7, 11) is -2.60. The van der Waals surface area contributed by atoms with Crippen molar-refractivity contribution in [1.29, 1.82) is 0 Å². The maximum absolute atomic E-state index is 14.9. The van der Waals surface area contributed by atoms with Gasteiger partial charge in [0.15, 0.2) is 0 Å². The van der Waals surface area contributed by atoms with E-state index >= 15 is 0 Å². The smallest absolute Gasteiger partial charge is 0.301 e. The second kappa shape index (κ2) is 16.3. The number of aromatic nitrogens is 1. The summed E-state index contributed by atoms with van der Waals surface area (Å²) in [6.45, 7) is 10.9. The zero-order valence-electron chi connectivity index (χ0n) is 33.7. The summed E-state index contributed by atoms with van der Waals surface area (Å²) >= 11 is 0. The fourth-order valence-electron chi connectivity index (χ4n) is 8.12. The molecule has 1 unspecified atom stereocenters. The Morgan fingerprint density at radius 2 is 1.76 bits per heavy atom. The number of nitrogens with one attached hydrogen (secondary N) is 3. The summed E-state index contributed by atoms with van der Waals surface area (Å²) in [5, 5.41) is 3.55. The van der Waals surface area contributed by atoms with Crippen LogP contribution in [0.1, 0.15) is 72.1 Å². The van der Waals surface area contributed by atoms with Crippen LogP contribution < -0.4 is 24.2 Å². The largest absolute Gasteiger partial charge is 0.497 e. The van der Waals surface area contributed by atoms with E-state index < -0.39 is 57.0 Å². The van der Waals surface area contributed by atoms with E-state index in [0.29, 0.717) is 54.0 Å². The minimum Gasteiger partial charge on any atom is -0.497 e. The van der Waals surface area contributed by atoms with E-state index in [1.54, 1.807) is 7.11 Å². The van der Waals surface area contributed by atoms with Crippen molar-refractivity contribution in [3.05, 3.63) is 67.3 Å². The van der Waals surface area contributed by atoms with Crippen molar-refractivity contribution in [1.82, 2.24) is 29.5 Å². The summed E-state index contributed by atoms with van der Waals surface area (Å²) in [4.78, 5) is 65.0. The number of nitrogens with zero attached hydrogens (tertiary/aromatic N) is 3. The fourth-order valence-corrected chi connectivity index (χ4v) is 9.28. The van der Waals surface area contributed by atoms with Crippen molar-refractivity contribution in [2.75, 3.05) is 26.7 Å². The third-order valence-electron chi connectivity index (χ3n) is 11.8. The molecule has 2 saturated heterocycles. The molecule has 4 amide bonds. The number of amides is 4. The van der Waals surface area contributed by atoms with Crippen LogP contribution in [0, 0.1) is 17.3 Å². The number of hydrogen-bond donors (Lipinski definition) is 3. The molecular weight excluding hydrogens is 761 g/mol. The number of rotatable bonds is 14. The van der Waals surface area contributed by atoms with Crippen molar-refractivity contribution in [2.45, 2.75) is 95.9 Å². The number of piperidine rings is 1. The monoisotopic (exact) mass is 814 g/mol. The quantitative estimate of drug-likeness (QED) is 0.198. The standard InChI is InChI=1S/C43H54N6O8S/c1-6-28-25-43(28,41(53)47-58(54,55)46-29-15-16-29)45-39(51)36-22-31(26-49(36)40(52)33(42(2,3)4)23-38(50)48-19-11-8-12-20-48)57-37-24-34(27-13-9-7-10-14-27)44-35-21-30(56-5)17-18-32(35)37/h6-7,9-10,13-14,17-18,21,24,28-29,31,33,36,46H,1,8,11-12,15-16,19-20,22-23,25-26H2,2-5H3,(H,45,51)(H,47,53)/t28-,31-,33?,36+,43-/m1/s1. The van der Waals surface area contributed by atoms with Gasteiger partial charge in [-0.15, -0.1) is 6.58 Å². The average Bonchev–Trinajstić information content (AvgIpc) is 4.11. The summed E-state index contributed by atoms with van der Waals surface area (Å²) in [6.07, 6.45) is 5.24. The van der Waals surface area contributed by atoms with Gasteiger partial charge in [-0.2, -0.15) is 13.1 Å². The molecule has 14 nitrogen and oxygen atoms in total. The van der Waals surface area contributed by atoms with Gasteiger partial charge in [0.1, 0.15) is 29.2 Å². The number of ether oxygens (including phenoxy) is 2. The Balaban J connectivity index is 1.20. The number of fused-ring (bicyclic) bond motifs is 1. The molecule has 310 valence electrons. The van der Waals surface area contributed by atoms with E-state index in [-0.39, 0.29) is 43.7 Å². The Bertz CT molecular complexity index is 2180. The lowest BCUT2D eigenvalue weighted by molar-refractivity contribution is -0.148. The third-order valence-corrected chi connectivity index (χ3v) is 12.9. The van der Waals surface area contributed by atoms with E-state index in [9.17, 15) is 27.6 Å². The van der Waals surface area contributed by atoms with E-state index in [1.165, 1.54) is 11.0 Å². The van der Waals surface area contributed by atoms with E-state index in [1.807, 2.05) is 80.3 Å². The predicted molar refractivity (Wildman–Crippen MR) is 219 cm³/mol. The molecule has 0 spiro atoms. The molecule has 7 rings (SSSR count). The lowest BCUT2D eigenvalue weighted by atomic mass is 9.77. The molecule has 3 N–H and O–H groups in total. The van der Waals surface area contributed by atoms with Crippen LogP contribution in [0.5, 0.6) is 11.5 Å². The molecule has 58 heavy (non-hydrogen) atoms. The van der Waals surface area contributed by atoms with Crippen LogP contribution in [0.4, 0.5) is 0 Å². The van der Waals surface area contributed by atoms with Crippen LogP contribution in [0.25, 0.3) is 22.2 Å². The maximum Gasteiger partial charge on any atom is 0.301 e. The molecule has 3 heterocycles. The fraction of sp³-hybridized carbons (Fsp3) is 0.512. The van der Waals surface area contributed by atoms with Gasteiger partial charge in [0, 0.05) is 61.0 Å². The summed E-state index contributed by atoms with van der Waals surface area (Å²) in [5.41, 5.74) is -0.0825. The Morgan fingerprint density at radius 3 is 2.40 bits per heavy atom. The van der Waals surface area contributed by atoms with Crippen LogP contribution in [0.3, 0.4) is 0 Å². The van der Waals surface area contributed by atoms with Gasteiger partial charge in [0.2, 0.25) is 17.7 Å². The third kappa shape index (κ3) is 9.00. The molecule has 2 aliphatic carbocycles. The highest BCUT2D eigenvalue weighted by atomic mass is 32.2. The summed E-state index contributed by atoms with van der Waals surface area (Å²) in [6, 6.07) is 15.6. The molecule has 15 heteroatoms. The van der Waals surface area contributed by atoms with E-state index in [0.717, 1.165) is 24.8 Å². The van der Waals surface area contributed by atoms with Gasteiger partial charge < -0.3 is 24.6 Å². The minimum atomic E-state index is -4.18. The van der Waals surface area contributed by atoms with Crippen LogP contribution in [0.15, 0.2) is 67.3 Å². The molecule has 3 aromatic rings. The zero-order valence-corrected chi connectivity index (χ0v) is 34.5. The molecule has 0 radical (unpaired) electrons. The normalized spacial score (nSPS) is 23.8. The molecule has 2 aliphatic heterocycles. The van der Waals surface area contributed by atoms with Gasteiger partial charge in [0.25, 0.3) is 5.91 Å². The number of methoxy groups -OCH3 is 1. The van der Waals surface area contributed by atoms with Gasteiger partial charge >= 0.3 is 10.2 Å². The number of benzene rings is 2. The average molecular weight is 815 g/mol. The minimum absolute atomic E-state index is 0.0197. The molecule has 2 aromatic carbocycles. The molecular formula is C43H54N6O8S. The van der Waals surface area contributed by atoms with Crippen LogP contribution in [-0.2, 0) is 29.4 Å². The van der Waals surface area contributed by atoms with Crippen molar-refractivity contribution in [3.63, 3.8) is 0 Å². The van der Waals surface area contributed by atoms with Gasteiger partial charge in [-0.3, -0.25) is 19.2 Å². The number of likely N-dealkylation sites (tertiary alicyclic amines) is 2. The van der Waals surface area contributed by atoms with Crippen molar-refractivity contribution in [3.8, 4) is 22.8 Å². The van der Waals surface area contributed by atoms with Crippen LogP contribution >= 0.6 is 0 Å². The number of hydrogen-bond acceptors (Lipinski definition) is 9. The van der Waals surface area contributed by atoms with Crippen molar-refractivity contribution >= 4 is 44.7 Å². The molecule has 5 atom stereocenters. The van der Waals surface area contributed by atoms with Crippen LogP contribution in [-0.4, -0.2) is 97.3 Å². The SMILES string of the molecule is C=C[C@@H]1C[C@]1(NC(=O)[C@@H]1C[C@@H](Oc2cc(-c3ccccc3)nc3cc(OC)ccc23)CN1C(=O)C(CC(=O)N1CCCCC1)C(C)(C)C)C(=O)NS(=O)(=O)NC1CC1. The molecule has 4 fully saturated rings. The van der Waals surface area contributed by atoms with Gasteiger partial charge in [-0.05, 0) is 56.1 Å². The topological polar surface area (TPSA) is 176 Å². The van der Waals surface area contributed by atoms with Crippen LogP contribution in [0.2, 0.25) is 0 Å². The predicted octanol–water partition coefficient (Wildman–Crippen LogP) is 4.50. The maximum atomic E-state index is 14.9. The Morgan fingerprint density at radius 1 is 1.03 bits per heavy atom. The number of pyridine rings is 1. The first-order valence-corrected chi connectivity index (χ1v) is 21.7.